The van der Waals surface area contributed by atoms with Crippen molar-refractivity contribution in [3.63, 3.8) is 0 Å². The lowest BCUT2D eigenvalue weighted by atomic mass is 9.79. The summed E-state index contributed by atoms with van der Waals surface area (Å²) in [5.41, 5.74) is 17.0. The quantitative estimate of drug-likeness (QED) is 0.181. The van der Waals surface area contributed by atoms with E-state index < -0.39 is 0 Å². The average molecular weight is 847 g/mol. The van der Waals surface area contributed by atoms with Gasteiger partial charge in [-0.3, -0.25) is 4.57 Å². The van der Waals surface area contributed by atoms with Crippen LogP contribution in [-0.4, -0.2) is 24.6 Å². The molecule has 6 aromatic carbocycles. The van der Waals surface area contributed by atoms with E-state index in [1.807, 2.05) is 0 Å². The number of imidazole rings is 1. The van der Waals surface area contributed by atoms with E-state index in [0.717, 1.165) is 72.3 Å². The van der Waals surface area contributed by atoms with E-state index in [9.17, 15) is 5.11 Å². The van der Waals surface area contributed by atoms with Crippen LogP contribution in [0, 0.1) is 6.92 Å². The first kappa shape index (κ1) is 44.5. The number of para-hydroxylation sites is 1. The predicted molar refractivity (Wildman–Crippen MR) is 271 cm³/mol. The minimum Gasteiger partial charge on any atom is -0.507 e. The van der Waals surface area contributed by atoms with E-state index in [0.29, 0.717) is 17.3 Å². The fourth-order valence-corrected chi connectivity index (χ4v) is 9.11. The molecule has 2 heterocycles. The summed E-state index contributed by atoms with van der Waals surface area (Å²) in [7, 11) is 0. The fourth-order valence-electron chi connectivity index (χ4n) is 9.11. The normalized spacial score (nSPS) is 12.8. The van der Waals surface area contributed by atoms with Crippen molar-refractivity contribution in [1.82, 2.24) is 19.5 Å². The van der Waals surface area contributed by atoms with Crippen LogP contribution >= 0.6 is 0 Å². The molecule has 0 spiro atoms. The number of aryl methyl sites for hydroxylation is 1. The number of aromatic nitrogens is 4. The van der Waals surface area contributed by atoms with E-state index in [4.69, 9.17) is 15.0 Å². The topological polar surface area (TPSA) is 63.8 Å². The predicted octanol–water partition coefficient (Wildman–Crippen LogP) is 16.0. The van der Waals surface area contributed by atoms with Gasteiger partial charge in [0.05, 0.1) is 33.5 Å². The highest BCUT2D eigenvalue weighted by atomic mass is 16.3. The molecule has 1 N–H and O–H groups in total. The van der Waals surface area contributed by atoms with Gasteiger partial charge in [-0.25, -0.2) is 15.0 Å². The molecule has 8 rings (SSSR count). The molecule has 2 aromatic heterocycles. The van der Waals surface area contributed by atoms with Gasteiger partial charge in [-0.05, 0) is 110 Å². The first-order valence-corrected chi connectivity index (χ1v) is 22.9. The van der Waals surface area contributed by atoms with Gasteiger partial charge in [0, 0.05) is 27.6 Å². The van der Waals surface area contributed by atoms with Gasteiger partial charge in [-0.15, -0.1) is 0 Å². The number of hydrogen-bond donors (Lipinski definition) is 1. The highest BCUT2D eigenvalue weighted by molar-refractivity contribution is 5.99. The number of benzene rings is 6. The van der Waals surface area contributed by atoms with Gasteiger partial charge in [-0.1, -0.05) is 170 Å². The molecular formula is C59H66N4O. The maximum atomic E-state index is 12.6. The molecule has 0 bridgehead atoms. The average Bonchev–Trinajstić information content (AvgIpc) is 3.61. The Kier molecular flexibility index (Phi) is 11.0. The molecule has 0 aliphatic rings. The standard InChI is InChI=1S/C59H66N4O/c1-35(2)43-25-26-45-51(36(43)3)60-34-61-52(45)39-28-38(29-41(30-39)57(7,8)9)44-22-19-23-50-53(44)62-55(47-32-42(58(10,11)12)33-48(54(47)64)59(13,14)15)63(50)49-27-24-40(56(4,5)6)31-46(49)37-20-17-16-18-21-37/h16-35,64H,1-15H3. The summed E-state index contributed by atoms with van der Waals surface area (Å²) < 4.78 is 2.29. The second-order valence-corrected chi connectivity index (χ2v) is 22.3. The first-order chi connectivity index (χ1) is 29.9. The van der Waals surface area contributed by atoms with E-state index in [-0.39, 0.29) is 27.4 Å². The maximum absolute atomic E-state index is 12.6. The second kappa shape index (κ2) is 15.9. The molecule has 0 amide bonds. The Balaban J connectivity index is 1.49. The Bertz CT molecular complexity index is 3070. The highest BCUT2D eigenvalue weighted by Gasteiger charge is 2.30. The van der Waals surface area contributed by atoms with Crippen LogP contribution in [-0.2, 0) is 21.7 Å². The van der Waals surface area contributed by atoms with Gasteiger partial charge in [0.2, 0.25) is 0 Å². The van der Waals surface area contributed by atoms with Crippen molar-refractivity contribution in [2.75, 3.05) is 0 Å². The number of phenols is 1. The zero-order chi connectivity index (χ0) is 46.3. The van der Waals surface area contributed by atoms with E-state index in [1.54, 1.807) is 6.33 Å². The van der Waals surface area contributed by atoms with Gasteiger partial charge in [0.1, 0.15) is 17.9 Å². The Morgan fingerprint density at radius 3 is 1.81 bits per heavy atom. The molecule has 0 fully saturated rings. The number of rotatable bonds is 6. The van der Waals surface area contributed by atoms with Crippen LogP contribution in [0.1, 0.15) is 136 Å². The zero-order valence-corrected chi connectivity index (χ0v) is 40.8. The number of nitrogens with zero attached hydrogens (tertiary/aromatic N) is 4. The summed E-state index contributed by atoms with van der Waals surface area (Å²) in [5.74, 6) is 1.35. The monoisotopic (exact) mass is 847 g/mol. The lowest BCUT2D eigenvalue weighted by molar-refractivity contribution is 0.446. The molecule has 64 heavy (non-hydrogen) atoms. The molecule has 0 aliphatic carbocycles. The zero-order valence-electron chi connectivity index (χ0n) is 40.8. The van der Waals surface area contributed by atoms with E-state index in [1.165, 1.54) is 22.3 Å². The molecule has 0 saturated heterocycles. The largest absolute Gasteiger partial charge is 0.507 e. The van der Waals surface area contributed by atoms with Crippen LogP contribution in [0.25, 0.3) is 72.5 Å². The van der Waals surface area contributed by atoms with Gasteiger partial charge in [-0.2, -0.15) is 0 Å². The molecule has 5 nitrogen and oxygen atoms in total. The third-order valence-corrected chi connectivity index (χ3v) is 13.0. The molecule has 8 aromatic rings. The van der Waals surface area contributed by atoms with Crippen LogP contribution in [0.3, 0.4) is 0 Å². The summed E-state index contributed by atoms with van der Waals surface area (Å²) in [5, 5.41) is 13.6. The Labute approximate surface area is 381 Å². The smallest absolute Gasteiger partial charge is 0.149 e. The lowest BCUT2D eigenvalue weighted by Crippen LogP contribution is -2.17. The molecule has 0 aliphatic heterocycles. The Morgan fingerprint density at radius 1 is 0.531 bits per heavy atom. The SMILES string of the molecule is Cc1c(C(C)C)ccc2c(-c3cc(-c4cccc5c4nc(-c4cc(C(C)(C)C)cc(C(C)(C)C)c4O)n5-c4ccc(C(C)(C)C)cc4-c4ccccc4)cc(C(C)(C)C)c3)ncnc12. The maximum Gasteiger partial charge on any atom is 0.149 e. The third-order valence-electron chi connectivity index (χ3n) is 13.0. The van der Waals surface area contributed by atoms with Gasteiger partial charge in [0.15, 0.2) is 0 Å². The van der Waals surface area contributed by atoms with Crippen LogP contribution in [0.4, 0.5) is 0 Å². The van der Waals surface area contributed by atoms with Crippen LogP contribution < -0.4 is 0 Å². The van der Waals surface area contributed by atoms with Crippen LogP contribution in [0.2, 0.25) is 0 Å². The Hall–Kier alpha value is -6.07. The summed E-state index contributed by atoms with van der Waals surface area (Å²) in [6, 6.07) is 39.7. The van der Waals surface area contributed by atoms with Crippen molar-refractivity contribution < 1.29 is 5.11 Å². The Morgan fingerprint density at radius 2 is 1.17 bits per heavy atom. The van der Waals surface area contributed by atoms with Crippen molar-refractivity contribution in [2.24, 2.45) is 0 Å². The molecule has 0 saturated carbocycles. The molecule has 0 unspecified atom stereocenters. The molecular weight excluding hydrogens is 781 g/mol. The van der Waals surface area contributed by atoms with E-state index >= 15 is 0 Å². The molecule has 0 atom stereocenters. The second-order valence-electron chi connectivity index (χ2n) is 22.3. The number of hydrogen-bond acceptors (Lipinski definition) is 4. The van der Waals surface area contributed by atoms with Crippen molar-refractivity contribution in [1.29, 1.82) is 0 Å². The van der Waals surface area contributed by atoms with Crippen molar-refractivity contribution in [3.05, 3.63) is 149 Å². The lowest BCUT2D eigenvalue weighted by Gasteiger charge is -2.28. The summed E-state index contributed by atoms with van der Waals surface area (Å²) in [6.07, 6.45) is 1.71. The van der Waals surface area contributed by atoms with Gasteiger partial charge in [0.25, 0.3) is 0 Å². The van der Waals surface area contributed by atoms with Gasteiger partial charge >= 0.3 is 0 Å². The first-order valence-electron chi connectivity index (χ1n) is 22.9. The summed E-state index contributed by atoms with van der Waals surface area (Å²) in [6.45, 7) is 33.5. The molecule has 0 radical (unpaired) electrons. The number of phenolic OH excluding ortho intramolecular Hbond substituents is 1. The fraction of sp³-hybridized carbons (Fsp3) is 0.339. The van der Waals surface area contributed by atoms with E-state index in [2.05, 4.69) is 218 Å². The summed E-state index contributed by atoms with van der Waals surface area (Å²) >= 11 is 0. The summed E-state index contributed by atoms with van der Waals surface area (Å²) in [4.78, 5) is 15.5. The highest BCUT2D eigenvalue weighted by Crippen LogP contribution is 2.46. The van der Waals surface area contributed by atoms with Crippen molar-refractivity contribution in [3.8, 4) is 56.3 Å². The van der Waals surface area contributed by atoms with Crippen LogP contribution in [0.5, 0.6) is 5.75 Å². The molecule has 5 heteroatoms. The van der Waals surface area contributed by atoms with Gasteiger partial charge < -0.3 is 5.11 Å². The minimum atomic E-state index is -0.324. The molecule has 328 valence electrons. The minimum absolute atomic E-state index is 0.0732. The van der Waals surface area contributed by atoms with Crippen LogP contribution in [0.15, 0.2) is 116 Å². The van der Waals surface area contributed by atoms with Crippen molar-refractivity contribution >= 4 is 21.9 Å². The van der Waals surface area contributed by atoms with Crippen molar-refractivity contribution in [2.45, 2.75) is 131 Å². The number of aromatic hydroxyl groups is 1. The number of fused-ring (bicyclic) bond motifs is 2. The third kappa shape index (κ3) is 8.15.